The van der Waals surface area contributed by atoms with Crippen LogP contribution in [-0.4, -0.2) is 45.2 Å². The molecule has 104 valence electrons. The highest BCUT2D eigenvalue weighted by molar-refractivity contribution is 5.88. The fourth-order valence-corrected chi connectivity index (χ4v) is 0.853. The van der Waals surface area contributed by atoms with E-state index in [9.17, 15) is 9.59 Å². The molecule has 0 amide bonds. The van der Waals surface area contributed by atoms with Gasteiger partial charge in [0.1, 0.15) is 6.10 Å². The van der Waals surface area contributed by atoms with Crippen molar-refractivity contribution >= 4 is 11.9 Å². The topological polar surface area (TPSA) is 80.3 Å². The van der Waals surface area contributed by atoms with Gasteiger partial charge in [-0.25, -0.2) is 14.5 Å². The van der Waals surface area contributed by atoms with Crippen molar-refractivity contribution in [2.75, 3.05) is 20.8 Å². The molecule has 0 aliphatic heterocycles. The zero-order chi connectivity index (χ0) is 14.1. The standard InChI is InChI=1S/C11H18O7/c1-6-16-9(12)7(2)8(3)17-18-11(15-5)10(13)14-4/h8,11H,2,6H2,1,3-5H3. The zero-order valence-corrected chi connectivity index (χ0v) is 10.9. The van der Waals surface area contributed by atoms with Crippen molar-refractivity contribution in [2.45, 2.75) is 26.2 Å². The van der Waals surface area contributed by atoms with Gasteiger partial charge in [0.25, 0.3) is 6.29 Å². The molecule has 0 saturated heterocycles. The van der Waals surface area contributed by atoms with Crippen molar-refractivity contribution < 1.29 is 33.6 Å². The average Bonchev–Trinajstić information content (AvgIpc) is 2.37. The summed E-state index contributed by atoms with van der Waals surface area (Å²) in [6.07, 6.45) is -2.11. The van der Waals surface area contributed by atoms with Gasteiger partial charge < -0.3 is 14.2 Å². The van der Waals surface area contributed by atoms with Crippen molar-refractivity contribution in [3.05, 3.63) is 12.2 Å². The molecule has 2 unspecified atom stereocenters. The van der Waals surface area contributed by atoms with Crippen molar-refractivity contribution in [1.82, 2.24) is 0 Å². The smallest absolute Gasteiger partial charge is 0.366 e. The molecule has 0 heterocycles. The number of ether oxygens (including phenoxy) is 3. The minimum atomic E-state index is -1.33. The molecule has 0 radical (unpaired) electrons. The van der Waals surface area contributed by atoms with E-state index in [-0.39, 0.29) is 12.2 Å². The number of rotatable bonds is 8. The van der Waals surface area contributed by atoms with Crippen LogP contribution in [0.25, 0.3) is 0 Å². The van der Waals surface area contributed by atoms with Crippen LogP contribution in [0.5, 0.6) is 0 Å². The Balaban J connectivity index is 4.23. The fourth-order valence-electron chi connectivity index (χ4n) is 0.853. The second kappa shape index (κ2) is 8.62. The first-order valence-electron chi connectivity index (χ1n) is 5.26. The number of hydrogen-bond donors (Lipinski definition) is 0. The molecular weight excluding hydrogens is 244 g/mol. The molecule has 0 fully saturated rings. The molecule has 0 aromatic rings. The van der Waals surface area contributed by atoms with Gasteiger partial charge in [-0.3, -0.25) is 0 Å². The fraction of sp³-hybridized carbons (Fsp3) is 0.636. The third-order valence-electron chi connectivity index (χ3n) is 1.92. The van der Waals surface area contributed by atoms with E-state index in [4.69, 9.17) is 9.62 Å². The molecule has 0 aromatic carbocycles. The largest absolute Gasteiger partial charge is 0.465 e. The monoisotopic (exact) mass is 262 g/mol. The Kier molecular flexibility index (Phi) is 7.93. The Morgan fingerprint density at radius 1 is 1.22 bits per heavy atom. The summed E-state index contributed by atoms with van der Waals surface area (Å²) in [7, 11) is 2.43. The molecule has 0 aromatic heterocycles. The van der Waals surface area contributed by atoms with Crippen LogP contribution >= 0.6 is 0 Å². The maximum absolute atomic E-state index is 11.3. The maximum Gasteiger partial charge on any atom is 0.366 e. The third-order valence-corrected chi connectivity index (χ3v) is 1.92. The Hall–Kier alpha value is -1.44. The average molecular weight is 262 g/mol. The number of methoxy groups -OCH3 is 2. The molecule has 0 bridgehead atoms. The molecule has 0 N–H and O–H groups in total. The second-order valence-corrected chi connectivity index (χ2v) is 3.17. The summed E-state index contributed by atoms with van der Waals surface area (Å²) in [5.41, 5.74) is 0.0663. The van der Waals surface area contributed by atoms with Gasteiger partial charge in [0.2, 0.25) is 0 Å². The number of carbonyl (C=O) groups excluding carboxylic acids is 2. The molecule has 18 heavy (non-hydrogen) atoms. The molecule has 7 nitrogen and oxygen atoms in total. The van der Waals surface area contributed by atoms with Gasteiger partial charge in [0.05, 0.1) is 19.3 Å². The number of hydrogen-bond acceptors (Lipinski definition) is 7. The highest BCUT2D eigenvalue weighted by Crippen LogP contribution is 2.09. The minimum Gasteiger partial charge on any atom is -0.465 e. The molecule has 0 spiro atoms. The highest BCUT2D eigenvalue weighted by Gasteiger charge is 2.24. The van der Waals surface area contributed by atoms with Crippen LogP contribution in [0.2, 0.25) is 0 Å². The first-order chi connectivity index (χ1) is 8.47. The van der Waals surface area contributed by atoms with Crippen LogP contribution in [0.3, 0.4) is 0 Å². The zero-order valence-electron chi connectivity index (χ0n) is 10.9. The van der Waals surface area contributed by atoms with E-state index in [0.717, 1.165) is 0 Å². The molecular formula is C11H18O7. The summed E-state index contributed by atoms with van der Waals surface area (Å²) >= 11 is 0. The third kappa shape index (κ3) is 5.26. The minimum absolute atomic E-state index is 0.0663. The van der Waals surface area contributed by atoms with Crippen molar-refractivity contribution in [3.63, 3.8) is 0 Å². The predicted octanol–water partition coefficient (Wildman–Crippen LogP) is 0.588. The highest BCUT2D eigenvalue weighted by atomic mass is 17.2. The first-order valence-corrected chi connectivity index (χ1v) is 5.26. The normalized spacial score (nSPS) is 13.6. The van der Waals surface area contributed by atoms with Gasteiger partial charge in [-0.05, 0) is 13.8 Å². The van der Waals surface area contributed by atoms with E-state index in [2.05, 4.69) is 20.9 Å². The van der Waals surface area contributed by atoms with Crippen molar-refractivity contribution in [3.8, 4) is 0 Å². The van der Waals surface area contributed by atoms with Gasteiger partial charge in [-0.15, -0.1) is 0 Å². The van der Waals surface area contributed by atoms with Crippen molar-refractivity contribution in [1.29, 1.82) is 0 Å². The van der Waals surface area contributed by atoms with E-state index in [1.54, 1.807) is 6.92 Å². The lowest BCUT2D eigenvalue weighted by molar-refractivity contribution is -0.378. The van der Waals surface area contributed by atoms with Gasteiger partial charge >= 0.3 is 11.9 Å². The predicted molar refractivity (Wildman–Crippen MR) is 60.2 cm³/mol. The Bertz CT molecular complexity index is 300. The lowest BCUT2D eigenvalue weighted by atomic mass is 10.2. The molecule has 0 saturated carbocycles. The second-order valence-electron chi connectivity index (χ2n) is 3.17. The summed E-state index contributed by atoms with van der Waals surface area (Å²) in [5, 5.41) is 0. The quantitative estimate of drug-likeness (QED) is 0.208. The first kappa shape index (κ1) is 16.6. The number of esters is 2. The Labute approximate surface area is 106 Å². The van der Waals surface area contributed by atoms with Crippen LogP contribution in [-0.2, 0) is 33.6 Å². The van der Waals surface area contributed by atoms with Crippen molar-refractivity contribution in [2.24, 2.45) is 0 Å². The summed E-state index contributed by atoms with van der Waals surface area (Å²) in [6, 6.07) is 0. The molecule has 0 rings (SSSR count). The molecule has 0 aliphatic rings. The SMILES string of the molecule is C=C(C(=O)OCC)C(C)OOC(OC)C(=O)OC. The van der Waals surface area contributed by atoms with E-state index >= 15 is 0 Å². The van der Waals surface area contributed by atoms with E-state index in [1.165, 1.54) is 21.1 Å². The van der Waals surface area contributed by atoms with Crippen LogP contribution in [0.1, 0.15) is 13.8 Å². The van der Waals surface area contributed by atoms with Crippen LogP contribution in [0, 0.1) is 0 Å². The van der Waals surface area contributed by atoms with E-state index < -0.39 is 24.3 Å². The summed E-state index contributed by atoms with van der Waals surface area (Å²) in [6.45, 7) is 6.93. The Morgan fingerprint density at radius 2 is 1.83 bits per heavy atom. The van der Waals surface area contributed by atoms with Crippen LogP contribution in [0.4, 0.5) is 0 Å². The maximum atomic E-state index is 11.3. The van der Waals surface area contributed by atoms with Gasteiger partial charge in [-0.2, -0.15) is 4.89 Å². The molecule has 2 atom stereocenters. The van der Waals surface area contributed by atoms with Crippen LogP contribution in [0.15, 0.2) is 12.2 Å². The van der Waals surface area contributed by atoms with E-state index in [1.807, 2.05) is 0 Å². The lowest BCUT2D eigenvalue weighted by Gasteiger charge is -2.17. The summed E-state index contributed by atoms with van der Waals surface area (Å²) < 4.78 is 13.8. The van der Waals surface area contributed by atoms with E-state index in [0.29, 0.717) is 0 Å². The Morgan fingerprint density at radius 3 is 2.28 bits per heavy atom. The van der Waals surface area contributed by atoms with Crippen LogP contribution < -0.4 is 0 Å². The molecule has 7 heteroatoms. The number of carbonyl (C=O) groups is 2. The van der Waals surface area contributed by atoms with Gasteiger partial charge in [-0.1, -0.05) is 6.58 Å². The molecule has 0 aliphatic carbocycles. The summed E-state index contributed by atoms with van der Waals surface area (Å²) in [4.78, 5) is 31.9. The summed E-state index contributed by atoms with van der Waals surface area (Å²) in [5.74, 6) is -1.35. The van der Waals surface area contributed by atoms with Gasteiger partial charge in [0, 0.05) is 7.11 Å². The lowest BCUT2D eigenvalue weighted by Crippen LogP contribution is -2.30. The van der Waals surface area contributed by atoms with Gasteiger partial charge in [0.15, 0.2) is 0 Å².